The number of pyridine rings is 1. The number of hydrogen-bond acceptors (Lipinski definition) is 7. The molecule has 0 saturated heterocycles. The van der Waals surface area contributed by atoms with Gasteiger partial charge in [0.1, 0.15) is 12.4 Å². The number of nitrogens with zero attached hydrogens (tertiary/aromatic N) is 2. The summed E-state index contributed by atoms with van der Waals surface area (Å²) in [4.78, 5) is 27.2. The Kier molecular flexibility index (Phi) is 9.30. The molecule has 40 heavy (non-hydrogen) atoms. The summed E-state index contributed by atoms with van der Waals surface area (Å²) in [5.74, 6) is 0.810. The molecule has 0 bridgehead atoms. The van der Waals surface area contributed by atoms with Crippen molar-refractivity contribution in [2.75, 3.05) is 25.6 Å². The van der Waals surface area contributed by atoms with E-state index in [0.717, 1.165) is 11.8 Å². The summed E-state index contributed by atoms with van der Waals surface area (Å²) < 4.78 is 23.9. The van der Waals surface area contributed by atoms with Crippen LogP contribution in [0.4, 0.5) is 5.69 Å². The molecule has 1 aromatic heterocycles. The molecule has 0 aliphatic heterocycles. The predicted octanol–water partition coefficient (Wildman–Crippen LogP) is 4.17. The van der Waals surface area contributed by atoms with E-state index in [1.807, 2.05) is 48.1 Å². The zero-order valence-corrected chi connectivity index (χ0v) is 22.6. The van der Waals surface area contributed by atoms with Gasteiger partial charge in [-0.1, -0.05) is 0 Å². The number of carbonyl (C=O) groups excluding carboxylic acids is 2. The van der Waals surface area contributed by atoms with Gasteiger partial charge in [0.15, 0.2) is 18.9 Å². The molecule has 0 N–H and O–H groups in total. The Morgan fingerprint density at radius 2 is 1.38 bits per heavy atom. The van der Waals surface area contributed by atoms with Crippen LogP contribution in [0, 0.1) is 6.92 Å². The molecular weight excluding hydrogens is 507 g/mol. The van der Waals surface area contributed by atoms with Crippen LogP contribution in [-0.2, 0) is 6.54 Å². The van der Waals surface area contributed by atoms with Gasteiger partial charge >= 0.3 is 118 Å². The Morgan fingerprint density at radius 3 is 1.95 bits per heavy atom. The average molecular weight is 536 g/mol. The molecule has 0 aliphatic rings. The van der Waals surface area contributed by atoms with Crippen LogP contribution in [-0.4, -0.2) is 46.3 Å². The standard InChI is InChI=1S/C31H29BN2O6/c1-22-20-28(39-30(35)23-6-10-27(11-7-23)38-21-32)12-13-29(22)40-31(36)24-4-8-26(9-5-24)37-19-18-34-16-14-25(15-17-34)33(2)3/h4-17,20-21H,18-19H2,1-3H3/q+1. The fourth-order valence-corrected chi connectivity index (χ4v) is 3.73. The number of benzene rings is 3. The predicted molar refractivity (Wildman–Crippen MR) is 153 cm³/mol. The van der Waals surface area contributed by atoms with Gasteiger partial charge in [-0.05, 0) is 24.3 Å². The van der Waals surface area contributed by atoms with E-state index in [2.05, 4.69) is 0 Å². The molecule has 8 nitrogen and oxygen atoms in total. The molecule has 0 atom stereocenters. The molecule has 0 aliphatic carbocycles. The van der Waals surface area contributed by atoms with Gasteiger partial charge in [-0.15, -0.1) is 0 Å². The van der Waals surface area contributed by atoms with Crippen molar-refractivity contribution in [1.82, 2.24) is 0 Å². The number of aryl methyl sites for hydroxylation is 1. The van der Waals surface area contributed by atoms with E-state index in [4.69, 9.17) is 26.4 Å². The Bertz CT molecular complexity index is 1470. The molecule has 9 heteroatoms. The molecule has 4 rings (SSSR count). The minimum absolute atomic E-state index is 0.325. The Hall–Kier alpha value is -4.92. The Balaban J connectivity index is 1.28. The van der Waals surface area contributed by atoms with Crippen molar-refractivity contribution in [2.45, 2.75) is 13.5 Å². The van der Waals surface area contributed by atoms with Crippen LogP contribution in [0.1, 0.15) is 26.3 Å². The van der Waals surface area contributed by atoms with Crippen LogP contribution >= 0.6 is 0 Å². The third-order valence-corrected chi connectivity index (χ3v) is 5.95. The van der Waals surface area contributed by atoms with Crippen molar-refractivity contribution < 1.29 is 33.1 Å². The number of anilines is 1. The van der Waals surface area contributed by atoms with E-state index in [-0.39, 0.29) is 0 Å². The third-order valence-electron chi connectivity index (χ3n) is 5.95. The quantitative estimate of drug-likeness (QED) is 0.123. The second-order valence-electron chi connectivity index (χ2n) is 9.05. The van der Waals surface area contributed by atoms with Crippen molar-refractivity contribution in [3.63, 3.8) is 0 Å². The van der Waals surface area contributed by atoms with Gasteiger partial charge < -0.3 is 14.4 Å². The molecule has 3 aromatic carbocycles. The molecule has 4 aromatic rings. The van der Waals surface area contributed by atoms with E-state index in [9.17, 15) is 9.59 Å². The Labute approximate surface area is 234 Å². The first-order chi connectivity index (χ1) is 19.3. The molecule has 1 radical (unpaired) electrons. The SMILES string of the molecule is [B]=COc1ccc(C(=O)Oc2ccc(OC(=O)c3ccc(OCC[n+]4ccc(N(C)C)cc4)cc3)c(C)c2)cc1. The van der Waals surface area contributed by atoms with Crippen molar-refractivity contribution in [3.8, 4) is 23.0 Å². The zero-order valence-electron chi connectivity index (χ0n) is 22.6. The van der Waals surface area contributed by atoms with Crippen molar-refractivity contribution in [2.24, 2.45) is 0 Å². The molecule has 0 fully saturated rings. The van der Waals surface area contributed by atoms with Gasteiger partial charge in [0.05, 0.1) is 5.56 Å². The number of esters is 2. The maximum atomic E-state index is 12.7. The topological polar surface area (TPSA) is 78.2 Å². The monoisotopic (exact) mass is 536 g/mol. The minimum atomic E-state index is -0.532. The van der Waals surface area contributed by atoms with E-state index in [1.54, 1.807) is 73.7 Å². The molecule has 0 spiro atoms. The number of aromatic nitrogens is 1. The van der Waals surface area contributed by atoms with Gasteiger partial charge in [-0.25, -0.2) is 9.36 Å². The van der Waals surface area contributed by atoms with Gasteiger partial charge in [0, 0.05) is 31.9 Å². The van der Waals surface area contributed by atoms with Crippen LogP contribution in [0.15, 0.2) is 91.3 Å². The summed E-state index contributed by atoms with van der Waals surface area (Å²) in [6.45, 7) is 2.94. The fourth-order valence-electron chi connectivity index (χ4n) is 3.73. The van der Waals surface area contributed by atoms with E-state index >= 15 is 0 Å². The first-order valence-corrected chi connectivity index (χ1v) is 12.6. The summed E-state index contributed by atoms with van der Waals surface area (Å²) in [5.41, 5.74) is 2.50. The maximum absolute atomic E-state index is 12.7. The summed E-state index contributed by atoms with van der Waals surface area (Å²) in [6, 6.07) is 22.0. The molecule has 0 unspecified atom stereocenters. The second-order valence-corrected chi connectivity index (χ2v) is 9.05. The van der Waals surface area contributed by atoms with Crippen LogP contribution in [0.3, 0.4) is 0 Å². The third kappa shape index (κ3) is 7.57. The van der Waals surface area contributed by atoms with Crippen LogP contribution < -0.4 is 28.4 Å². The normalized spacial score (nSPS) is 10.3. The van der Waals surface area contributed by atoms with E-state index in [1.165, 1.54) is 0 Å². The zero-order chi connectivity index (χ0) is 28.5. The number of rotatable bonds is 11. The second kappa shape index (κ2) is 13.2. The molecule has 1 heterocycles. The van der Waals surface area contributed by atoms with Crippen molar-refractivity contribution in [3.05, 3.63) is 108 Å². The van der Waals surface area contributed by atoms with E-state index in [0.29, 0.717) is 52.8 Å². The molecule has 0 saturated carbocycles. The molecular formula is C31H29BN2O6+. The number of ether oxygens (including phenoxy) is 4. The fraction of sp³-hybridized carbons (Fsp3) is 0.161. The first-order valence-electron chi connectivity index (χ1n) is 12.6. The van der Waals surface area contributed by atoms with Gasteiger partial charge in [-0.3, -0.25) is 0 Å². The molecule has 201 valence electrons. The Morgan fingerprint density at radius 1 is 0.800 bits per heavy atom. The van der Waals surface area contributed by atoms with Crippen LogP contribution in [0.2, 0.25) is 0 Å². The van der Waals surface area contributed by atoms with Crippen molar-refractivity contribution >= 4 is 31.3 Å². The average Bonchev–Trinajstić information content (AvgIpc) is 2.95. The summed E-state index contributed by atoms with van der Waals surface area (Å²) >= 11 is 0. The summed E-state index contributed by atoms with van der Waals surface area (Å²) in [5, 5.41) is 0. The van der Waals surface area contributed by atoms with Crippen LogP contribution in [0.5, 0.6) is 23.0 Å². The van der Waals surface area contributed by atoms with Gasteiger partial charge in [0.25, 0.3) is 0 Å². The number of carbonyl (C=O) groups is 2. The first kappa shape index (κ1) is 28.1. The van der Waals surface area contributed by atoms with Crippen LogP contribution in [0.25, 0.3) is 0 Å². The van der Waals surface area contributed by atoms with Gasteiger partial charge in [0.2, 0.25) is 0 Å². The number of hydrogen-bond donors (Lipinski definition) is 0. The van der Waals surface area contributed by atoms with E-state index < -0.39 is 11.9 Å². The van der Waals surface area contributed by atoms with Gasteiger partial charge in [-0.2, -0.15) is 0 Å². The summed E-state index contributed by atoms with van der Waals surface area (Å²) in [7, 11) is 9.22. The van der Waals surface area contributed by atoms with Crippen molar-refractivity contribution in [1.29, 1.82) is 0 Å². The summed E-state index contributed by atoms with van der Waals surface area (Å²) in [6.07, 6.45) is 5.07. The molecule has 0 amide bonds.